The van der Waals surface area contributed by atoms with Crippen LogP contribution in [0.1, 0.15) is 40.8 Å². The van der Waals surface area contributed by atoms with E-state index >= 15 is 0 Å². The number of nitrogens with one attached hydrogen (secondary N) is 1. The summed E-state index contributed by atoms with van der Waals surface area (Å²) >= 11 is 7.95. The molecule has 0 spiro atoms. The topological polar surface area (TPSA) is 38.0 Å². The molecule has 3 N–H and O–H groups in total. The zero-order chi connectivity index (χ0) is 13.2. The Morgan fingerprint density at radius 1 is 1.32 bits per heavy atom. The molecule has 0 amide bonds. The van der Waals surface area contributed by atoms with Gasteiger partial charge in [-0.25, -0.2) is 0 Å². The summed E-state index contributed by atoms with van der Waals surface area (Å²) in [6.07, 6.45) is 3.53. The standard InChI is InChI=1S/C15H17ClN2S/c16-13-8-9-19-15(13)14(18-17)12-7-3-5-10-4-1-2-6-11(10)12/h1-2,4,6,8-9,12,14,18H,3,5,7,17H2. The maximum absolute atomic E-state index is 6.27. The van der Waals surface area contributed by atoms with Gasteiger partial charge in [0.05, 0.1) is 11.1 Å². The molecule has 0 saturated carbocycles. The number of fused-ring (bicyclic) bond motifs is 1. The van der Waals surface area contributed by atoms with Crippen LogP contribution in [0.5, 0.6) is 0 Å². The van der Waals surface area contributed by atoms with Crippen LogP contribution in [0.2, 0.25) is 5.02 Å². The molecule has 1 aromatic heterocycles. The number of aryl methyl sites for hydroxylation is 1. The number of hydrogen-bond acceptors (Lipinski definition) is 3. The van der Waals surface area contributed by atoms with Crippen LogP contribution in [-0.2, 0) is 6.42 Å². The van der Waals surface area contributed by atoms with E-state index < -0.39 is 0 Å². The minimum absolute atomic E-state index is 0.106. The van der Waals surface area contributed by atoms with Gasteiger partial charge in [-0.3, -0.25) is 11.3 Å². The van der Waals surface area contributed by atoms with E-state index in [2.05, 4.69) is 29.7 Å². The monoisotopic (exact) mass is 292 g/mol. The van der Waals surface area contributed by atoms with Crippen LogP contribution in [0, 0.1) is 0 Å². The molecular formula is C15H17ClN2S. The minimum atomic E-state index is 0.106. The fraction of sp³-hybridized carbons (Fsp3) is 0.333. The minimum Gasteiger partial charge on any atom is -0.271 e. The molecular weight excluding hydrogens is 276 g/mol. The van der Waals surface area contributed by atoms with Crippen molar-refractivity contribution >= 4 is 22.9 Å². The van der Waals surface area contributed by atoms with Gasteiger partial charge in [0.25, 0.3) is 0 Å². The highest BCUT2D eigenvalue weighted by Crippen LogP contribution is 2.43. The van der Waals surface area contributed by atoms with Gasteiger partial charge in [0.15, 0.2) is 0 Å². The summed E-state index contributed by atoms with van der Waals surface area (Å²) in [5.74, 6) is 6.23. The Labute approximate surface area is 122 Å². The SMILES string of the molecule is NNC(c1sccc1Cl)C1CCCc2ccccc21. The smallest absolute Gasteiger partial charge is 0.0636 e. The summed E-state index contributed by atoms with van der Waals surface area (Å²) in [6, 6.07) is 10.7. The van der Waals surface area contributed by atoms with Crippen molar-refractivity contribution in [3.8, 4) is 0 Å². The Balaban J connectivity index is 2.00. The first-order valence-corrected chi connectivity index (χ1v) is 7.84. The highest BCUT2D eigenvalue weighted by Gasteiger charge is 2.30. The molecule has 1 aliphatic rings. The van der Waals surface area contributed by atoms with Gasteiger partial charge >= 0.3 is 0 Å². The normalized spacial score (nSPS) is 20.0. The maximum atomic E-state index is 6.27. The maximum Gasteiger partial charge on any atom is 0.0636 e. The summed E-state index contributed by atoms with van der Waals surface area (Å²) in [4.78, 5) is 1.14. The van der Waals surface area contributed by atoms with E-state index in [9.17, 15) is 0 Å². The van der Waals surface area contributed by atoms with Crippen molar-refractivity contribution in [1.29, 1.82) is 0 Å². The molecule has 0 aliphatic heterocycles. The van der Waals surface area contributed by atoms with Crippen molar-refractivity contribution in [1.82, 2.24) is 5.43 Å². The number of rotatable bonds is 3. The lowest BCUT2D eigenvalue weighted by atomic mass is 9.78. The highest BCUT2D eigenvalue weighted by molar-refractivity contribution is 7.10. The lowest BCUT2D eigenvalue weighted by Gasteiger charge is -2.31. The Morgan fingerprint density at radius 3 is 2.89 bits per heavy atom. The third-order valence-corrected chi connectivity index (χ3v) is 5.37. The summed E-state index contributed by atoms with van der Waals surface area (Å²) in [5, 5.41) is 2.84. The third-order valence-electron chi connectivity index (χ3n) is 3.92. The number of hydrogen-bond donors (Lipinski definition) is 2. The fourth-order valence-electron chi connectivity index (χ4n) is 3.04. The second-order valence-corrected chi connectivity index (χ2v) is 6.33. The van der Waals surface area contributed by atoms with Gasteiger partial charge in [0.2, 0.25) is 0 Å². The van der Waals surface area contributed by atoms with Gasteiger partial charge in [0, 0.05) is 10.8 Å². The van der Waals surface area contributed by atoms with E-state index in [1.54, 1.807) is 11.3 Å². The fourth-order valence-corrected chi connectivity index (χ4v) is 4.34. The van der Waals surface area contributed by atoms with Gasteiger partial charge in [-0.1, -0.05) is 35.9 Å². The van der Waals surface area contributed by atoms with E-state index in [0.29, 0.717) is 5.92 Å². The molecule has 1 aliphatic carbocycles. The van der Waals surface area contributed by atoms with E-state index in [1.165, 1.54) is 24.0 Å². The molecule has 1 aromatic carbocycles. The van der Waals surface area contributed by atoms with Crippen molar-refractivity contribution < 1.29 is 0 Å². The molecule has 2 unspecified atom stereocenters. The third kappa shape index (κ3) is 2.43. The zero-order valence-electron chi connectivity index (χ0n) is 10.6. The molecule has 0 fully saturated rings. The zero-order valence-corrected chi connectivity index (χ0v) is 12.2. The lowest BCUT2D eigenvalue weighted by molar-refractivity contribution is 0.413. The second kappa shape index (κ2) is 5.63. The molecule has 0 radical (unpaired) electrons. The van der Waals surface area contributed by atoms with Gasteiger partial charge in [-0.2, -0.15) is 0 Å². The van der Waals surface area contributed by atoms with Gasteiger partial charge in [-0.15, -0.1) is 11.3 Å². The van der Waals surface area contributed by atoms with Crippen LogP contribution in [0.25, 0.3) is 0 Å². The van der Waals surface area contributed by atoms with E-state index in [0.717, 1.165) is 16.3 Å². The largest absolute Gasteiger partial charge is 0.271 e. The summed E-state index contributed by atoms with van der Waals surface area (Å²) in [5.41, 5.74) is 5.85. The Hall–Kier alpha value is -0.870. The Kier molecular flexibility index (Phi) is 3.89. The molecule has 4 heteroatoms. The molecule has 3 rings (SSSR count). The summed E-state index contributed by atoms with van der Waals surface area (Å²) < 4.78 is 0. The van der Waals surface area contributed by atoms with Gasteiger partial charge in [0.1, 0.15) is 0 Å². The predicted octanol–water partition coefficient (Wildman–Crippen LogP) is 4.03. The number of halogens is 1. The summed E-state index contributed by atoms with van der Waals surface area (Å²) in [6.45, 7) is 0. The van der Waals surface area contributed by atoms with Gasteiger partial charge in [-0.05, 0) is 41.8 Å². The van der Waals surface area contributed by atoms with Gasteiger partial charge < -0.3 is 0 Å². The Bertz CT molecular complexity index is 567. The first-order chi connectivity index (χ1) is 9.31. The molecule has 2 aromatic rings. The van der Waals surface area contributed by atoms with Crippen LogP contribution in [-0.4, -0.2) is 0 Å². The van der Waals surface area contributed by atoms with Crippen LogP contribution in [0.4, 0.5) is 0 Å². The van der Waals surface area contributed by atoms with Crippen LogP contribution < -0.4 is 11.3 Å². The lowest BCUT2D eigenvalue weighted by Crippen LogP contribution is -2.33. The Morgan fingerprint density at radius 2 is 2.16 bits per heavy atom. The summed E-state index contributed by atoms with van der Waals surface area (Å²) in [7, 11) is 0. The van der Waals surface area contributed by atoms with Crippen molar-refractivity contribution in [2.75, 3.05) is 0 Å². The molecule has 0 saturated heterocycles. The highest BCUT2D eigenvalue weighted by atomic mass is 35.5. The predicted molar refractivity (Wildman–Crippen MR) is 81.5 cm³/mol. The molecule has 2 nitrogen and oxygen atoms in total. The second-order valence-electron chi connectivity index (χ2n) is 4.97. The number of hydrazine groups is 1. The molecule has 1 heterocycles. The molecule has 19 heavy (non-hydrogen) atoms. The van der Waals surface area contributed by atoms with Crippen molar-refractivity contribution in [2.45, 2.75) is 31.2 Å². The quantitative estimate of drug-likeness (QED) is 0.662. The first kappa shape index (κ1) is 13.1. The van der Waals surface area contributed by atoms with Crippen LogP contribution in [0.3, 0.4) is 0 Å². The number of thiophene rings is 1. The first-order valence-electron chi connectivity index (χ1n) is 6.58. The van der Waals surface area contributed by atoms with Crippen molar-refractivity contribution in [3.05, 3.63) is 56.7 Å². The van der Waals surface area contributed by atoms with E-state index in [1.807, 2.05) is 11.4 Å². The van der Waals surface area contributed by atoms with Crippen LogP contribution in [0.15, 0.2) is 35.7 Å². The average molecular weight is 293 g/mol. The van der Waals surface area contributed by atoms with E-state index in [4.69, 9.17) is 17.4 Å². The average Bonchev–Trinajstić information content (AvgIpc) is 2.86. The van der Waals surface area contributed by atoms with Crippen molar-refractivity contribution in [2.24, 2.45) is 5.84 Å². The van der Waals surface area contributed by atoms with E-state index in [-0.39, 0.29) is 6.04 Å². The number of benzene rings is 1. The van der Waals surface area contributed by atoms with Crippen molar-refractivity contribution in [3.63, 3.8) is 0 Å². The molecule has 0 bridgehead atoms. The number of nitrogens with two attached hydrogens (primary N) is 1. The molecule has 100 valence electrons. The molecule has 2 atom stereocenters. The van der Waals surface area contributed by atoms with Crippen LogP contribution >= 0.6 is 22.9 Å².